The van der Waals surface area contributed by atoms with Crippen molar-refractivity contribution in [2.75, 3.05) is 7.05 Å². The maximum atomic E-state index is 6.03. The molecule has 2 atom stereocenters. The molecule has 0 saturated carbocycles. The van der Waals surface area contributed by atoms with E-state index in [0.29, 0.717) is 6.04 Å². The Balaban J connectivity index is 1.67. The number of rotatable bonds is 4. The first-order chi connectivity index (χ1) is 9.65. The predicted molar refractivity (Wildman–Crippen MR) is 81.2 cm³/mol. The maximum absolute atomic E-state index is 6.03. The molecule has 2 heterocycles. The highest BCUT2D eigenvalue weighted by molar-refractivity contribution is 5.40. The molecule has 0 radical (unpaired) electrons. The summed E-state index contributed by atoms with van der Waals surface area (Å²) in [5, 5.41) is 3.26. The zero-order valence-electron chi connectivity index (χ0n) is 12.4. The third-order valence-corrected chi connectivity index (χ3v) is 4.08. The minimum atomic E-state index is 0.247. The monoisotopic (exact) mass is 270 g/mol. The minimum absolute atomic E-state index is 0.247. The van der Waals surface area contributed by atoms with E-state index in [0.717, 1.165) is 18.7 Å². The van der Waals surface area contributed by atoms with E-state index < -0.39 is 0 Å². The Labute approximate surface area is 120 Å². The van der Waals surface area contributed by atoms with Crippen molar-refractivity contribution in [3.05, 3.63) is 53.3 Å². The Hall–Kier alpha value is -1.74. The molecule has 1 aromatic heterocycles. The van der Waals surface area contributed by atoms with Crippen LogP contribution in [-0.2, 0) is 13.0 Å². The van der Waals surface area contributed by atoms with Gasteiger partial charge in [-0.1, -0.05) is 17.7 Å². The number of ether oxygens (including phenoxy) is 1. The summed E-state index contributed by atoms with van der Waals surface area (Å²) in [6.45, 7) is 5.21. The van der Waals surface area contributed by atoms with Gasteiger partial charge in [0.1, 0.15) is 11.9 Å². The second-order valence-electron chi connectivity index (χ2n) is 5.71. The van der Waals surface area contributed by atoms with E-state index in [-0.39, 0.29) is 6.10 Å². The number of nitrogens with zero attached hydrogens (tertiary/aromatic N) is 1. The lowest BCUT2D eigenvalue weighted by Crippen LogP contribution is -2.20. The smallest absolute Gasteiger partial charge is 0.123 e. The zero-order valence-corrected chi connectivity index (χ0v) is 12.4. The molecule has 2 unspecified atom stereocenters. The summed E-state index contributed by atoms with van der Waals surface area (Å²) in [6.07, 6.45) is 5.60. The lowest BCUT2D eigenvalue weighted by Gasteiger charge is -2.12. The number of hydrogen-bond donors (Lipinski definition) is 1. The molecule has 3 heteroatoms. The molecule has 2 aromatic rings. The van der Waals surface area contributed by atoms with Crippen molar-refractivity contribution in [2.45, 2.75) is 39.0 Å². The van der Waals surface area contributed by atoms with Gasteiger partial charge in [0.25, 0.3) is 0 Å². The van der Waals surface area contributed by atoms with Crippen LogP contribution >= 0.6 is 0 Å². The van der Waals surface area contributed by atoms with Crippen LogP contribution in [0.4, 0.5) is 0 Å². The molecule has 0 spiro atoms. The van der Waals surface area contributed by atoms with Crippen LogP contribution in [0.2, 0.25) is 0 Å². The van der Waals surface area contributed by atoms with Gasteiger partial charge in [0.15, 0.2) is 0 Å². The van der Waals surface area contributed by atoms with Crippen molar-refractivity contribution in [1.29, 1.82) is 0 Å². The Morgan fingerprint density at radius 3 is 3.05 bits per heavy atom. The van der Waals surface area contributed by atoms with Crippen molar-refractivity contribution in [2.24, 2.45) is 0 Å². The van der Waals surface area contributed by atoms with Gasteiger partial charge in [-0.05, 0) is 44.2 Å². The van der Waals surface area contributed by atoms with Gasteiger partial charge in [0.05, 0.1) is 6.54 Å². The molecule has 3 rings (SSSR count). The normalized spacial score (nSPS) is 18.6. The number of benzene rings is 1. The number of nitrogens with one attached hydrogen (secondary N) is 1. The van der Waals surface area contributed by atoms with Crippen LogP contribution in [0.25, 0.3) is 0 Å². The van der Waals surface area contributed by atoms with Crippen LogP contribution in [0.1, 0.15) is 29.7 Å². The number of fused-ring (bicyclic) bond motifs is 1. The molecular weight excluding hydrogens is 248 g/mol. The highest BCUT2D eigenvalue weighted by Crippen LogP contribution is 2.30. The summed E-state index contributed by atoms with van der Waals surface area (Å²) < 4.78 is 8.25. The van der Waals surface area contributed by atoms with Gasteiger partial charge in [-0.15, -0.1) is 0 Å². The molecule has 106 valence electrons. The predicted octanol–water partition coefficient (Wildman–Crippen LogP) is 3.08. The number of aryl methyl sites for hydroxylation is 1. The van der Waals surface area contributed by atoms with E-state index in [4.69, 9.17) is 4.74 Å². The van der Waals surface area contributed by atoms with E-state index in [9.17, 15) is 0 Å². The topological polar surface area (TPSA) is 26.2 Å². The van der Waals surface area contributed by atoms with Crippen molar-refractivity contribution in [1.82, 2.24) is 9.88 Å². The Morgan fingerprint density at radius 2 is 2.25 bits per heavy atom. The summed E-state index contributed by atoms with van der Waals surface area (Å²) in [4.78, 5) is 0. The molecule has 1 aliphatic heterocycles. The second-order valence-corrected chi connectivity index (χ2v) is 5.71. The van der Waals surface area contributed by atoms with Crippen LogP contribution in [0.15, 0.2) is 36.7 Å². The molecule has 1 N–H and O–H groups in total. The van der Waals surface area contributed by atoms with E-state index >= 15 is 0 Å². The van der Waals surface area contributed by atoms with Gasteiger partial charge in [-0.3, -0.25) is 0 Å². The Morgan fingerprint density at radius 1 is 1.40 bits per heavy atom. The first kappa shape index (κ1) is 13.3. The molecule has 1 aliphatic rings. The van der Waals surface area contributed by atoms with Gasteiger partial charge in [-0.25, -0.2) is 0 Å². The Kier molecular flexibility index (Phi) is 3.53. The molecule has 0 saturated heterocycles. The van der Waals surface area contributed by atoms with Crippen molar-refractivity contribution in [3.8, 4) is 5.75 Å². The molecule has 1 aromatic carbocycles. The molecule has 3 nitrogen and oxygen atoms in total. The molecule has 0 bridgehead atoms. The molecule has 0 fully saturated rings. The Bertz CT molecular complexity index is 603. The van der Waals surface area contributed by atoms with Gasteiger partial charge in [0.2, 0.25) is 0 Å². The van der Waals surface area contributed by atoms with Gasteiger partial charge in [-0.2, -0.15) is 0 Å². The van der Waals surface area contributed by atoms with Gasteiger partial charge < -0.3 is 14.6 Å². The molecule has 0 aliphatic carbocycles. The summed E-state index contributed by atoms with van der Waals surface area (Å²) in [5.74, 6) is 1.05. The highest BCUT2D eigenvalue weighted by Gasteiger charge is 2.23. The maximum Gasteiger partial charge on any atom is 0.123 e. The average molecular weight is 270 g/mol. The van der Waals surface area contributed by atoms with Crippen molar-refractivity contribution < 1.29 is 4.74 Å². The molecule has 20 heavy (non-hydrogen) atoms. The third-order valence-electron chi connectivity index (χ3n) is 4.08. The number of hydrogen-bond acceptors (Lipinski definition) is 2. The van der Waals surface area contributed by atoms with Crippen LogP contribution in [-0.4, -0.2) is 17.7 Å². The van der Waals surface area contributed by atoms with Crippen LogP contribution in [0, 0.1) is 6.92 Å². The third kappa shape index (κ3) is 2.59. The van der Waals surface area contributed by atoms with Gasteiger partial charge in [0, 0.05) is 24.9 Å². The minimum Gasteiger partial charge on any atom is -0.488 e. The van der Waals surface area contributed by atoms with Crippen LogP contribution < -0.4 is 10.1 Å². The van der Waals surface area contributed by atoms with E-state index in [2.05, 4.69) is 60.4 Å². The highest BCUT2D eigenvalue weighted by atomic mass is 16.5. The fourth-order valence-electron chi connectivity index (χ4n) is 2.78. The fourth-order valence-corrected chi connectivity index (χ4v) is 2.78. The lowest BCUT2D eigenvalue weighted by atomic mass is 10.1. The average Bonchev–Trinajstić information content (AvgIpc) is 3.04. The summed E-state index contributed by atoms with van der Waals surface area (Å²) in [6, 6.07) is 9.01. The SMILES string of the molecule is CNC(C)c1ccn(CC2Cc3cc(C)ccc3O2)c1. The summed E-state index contributed by atoms with van der Waals surface area (Å²) in [7, 11) is 1.99. The first-order valence-electron chi connectivity index (χ1n) is 7.25. The fraction of sp³-hybridized carbons (Fsp3) is 0.412. The van der Waals surface area contributed by atoms with Gasteiger partial charge >= 0.3 is 0 Å². The van der Waals surface area contributed by atoms with E-state index in [1.807, 2.05) is 7.05 Å². The van der Waals surface area contributed by atoms with Crippen LogP contribution in [0.3, 0.4) is 0 Å². The molecule has 0 amide bonds. The number of aromatic nitrogens is 1. The standard InChI is InChI=1S/C17H22N2O/c1-12-4-5-17-15(8-12)9-16(20-17)11-19-7-6-14(10-19)13(2)18-3/h4-8,10,13,16,18H,9,11H2,1-3H3. The van der Waals surface area contributed by atoms with Crippen molar-refractivity contribution >= 4 is 0 Å². The quantitative estimate of drug-likeness (QED) is 0.924. The summed E-state index contributed by atoms with van der Waals surface area (Å²) >= 11 is 0. The largest absolute Gasteiger partial charge is 0.488 e. The molecular formula is C17H22N2O. The van der Waals surface area contributed by atoms with Crippen LogP contribution in [0.5, 0.6) is 5.75 Å². The van der Waals surface area contributed by atoms with Crippen molar-refractivity contribution in [3.63, 3.8) is 0 Å². The second kappa shape index (κ2) is 5.33. The summed E-state index contributed by atoms with van der Waals surface area (Å²) in [5.41, 5.74) is 3.96. The van der Waals surface area contributed by atoms with E-state index in [1.165, 1.54) is 16.7 Å². The van der Waals surface area contributed by atoms with E-state index in [1.54, 1.807) is 0 Å². The first-order valence-corrected chi connectivity index (χ1v) is 7.25. The zero-order chi connectivity index (χ0) is 14.1. The lowest BCUT2D eigenvalue weighted by molar-refractivity contribution is 0.209.